The molecule has 3 aromatic carbocycles. The largest absolute Gasteiger partial charge is 0.490 e. The molecule has 10 heteroatoms. The molecule has 45 heavy (non-hydrogen) atoms. The first kappa shape index (κ1) is 35.6. The van der Waals surface area contributed by atoms with Crippen LogP contribution in [0.15, 0.2) is 72.8 Å². The lowest BCUT2D eigenvalue weighted by molar-refractivity contribution is -0.0794. The van der Waals surface area contributed by atoms with E-state index in [-0.39, 0.29) is 48.0 Å². The first-order chi connectivity index (χ1) is 20.9. The molecule has 0 saturated carbocycles. The number of hydrogen-bond acceptors (Lipinski definition) is 7. The molecule has 0 aliphatic heterocycles. The molecule has 3 aromatic rings. The first-order valence-electron chi connectivity index (χ1n) is 15.1. The van der Waals surface area contributed by atoms with Crippen LogP contribution in [0.3, 0.4) is 0 Å². The van der Waals surface area contributed by atoms with Gasteiger partial charge in [-0.15, -0.1) is 0 Å². The molecule has 0 aromatic heterocycles. The number of nitrogens with two attached hydrogens (primary N) is 1. The van der Waals surface area contributed by atoms with Crippen molar-refractivity contribution >= 4 is 22.0 Å². The summed E-state index contributed by atoms with van der Waals surface area (Å²) in [6.07, 6.45) is -0.892. The van der Waals surface area contributed by atoms with Gasteiger partial charge in [0.2, 0.25) is 10.0 Å². The third-order valence-electron chi connectivity index (χ3n) is 7.57. The Kier molecular flexibility index (Phi) is 11.4. The van der Waals surface area contributed by atoms with Gasteiger partial charge in [-0.3, -0.25) is 4.79 Å². The van der Waals surface area contributed by atoms with Crippen LogP contribution in [0.1, 0.15) is 82.3 Å². The second kappa shape index (κ2) is 14.5. The first-order valence-corrected chi connectivity index (χ1v) is 16.7. The number of amides is 2. The van der Waals surface area contributed by atoms with Gasteiger partial charge >= 0.3 is 6.09 Å². The van der Waals surface area contributed by atoms with Crippen LogP contribution in [0.4, 0.5) is 4.79 Å². The zero-order valence-electron chi connectivity index (χ0n) is 27.2. The summed E-state index contributed by atoms with van der Waals surface area (Å²) in [6, 6.07) is 22.0. The normalized spacial score (nSPS) is 14.1. The van der Waals surface area contributed by atoms with E-state index in [2.05, 4.69) is 4.72 Å². The van der Waals surface area contributed by atoms with Crippen LogP contribution in [-0.4, -0.2) is 44.0 Å². The number of sulfonamides is 1. The highest BCUT2D eigenvalue weighted by molar-refractivity contribution is 7.90. The van der Waals surface area contributed by atoms with Crippen LogP contribution in [-0.2, 0) is 20.4 Å². The smallest absolute Gasteiger partial charge is 0.404 e. The van der Waals surface area contributed by atoms with Gasteiger partial charge in [0.15, 0.2) is 0 Å². The lowest BCUT2D eigenvalue weighted by atomic mass is 9.67. The number of carbonyl (C=O) groups is 2. The number of nitrogens with one attached hydrogen (secondary N) is 1. The summed E-state index contributed by atoms with van der Waals surface area (Å²) in [4.78, 5) is 24.6. The lowest BCUT2D eigenvalue weighted by Gasteiger charge is -2.43. The maximum atomic E-state index is 13.0. The summed E-state index contributed by atoms with van der Waals surface area (Å²) >= 11 is 0. The average molecular weight is 639 g/mol. The average Bonchev–Trinajstić information content (AvgIpc) is 2.93. The minimum atomic E-state index is -3.81. The maximum absolute atomic E-state index is 13.0. The summed E-state index contributed by atoms with van der Waals surface area (Å²) in [6.45, 7) is 13.1. The highest BCUT2D eigenvalue weighted by Crippen LogP contribution is 2.46. The quantitative estimate of drug-likeness (QED) is 0.198. The second-order valence-electron chi connectivity index (χ2n) is 13.1. The Hall–Kier alpha value is -3.89. The third kappa shape index (κ3) is 9.55. The summed E-state index contributed by atoms with van der Waals surface area (Å²) in [5, 5.41) is 12.1. The Labute approximate surface area is 267 Å². The Morgan fingerprint density at radius 1 is 0.911 bits per heavy atom. The van der Waals surface area contributed by atoms with E-state index in [1.165, 1.54) is 0 Å². The second-order valence-corrected chi connectivity index (χ2v) is 14.9. The molecule has 0 bridgehead atoms. The predicted molar refractivity (Wildman–Crippen MR) is 176 cm³/mol. The summed E-state index contributed by atoms with van der Waals surface area (Å²) < 4.78 is 38.1. The number of ether oxygens (including phenoxy) is 2. The minimum absolute atomic E-state index is 0.0180. The highest BCUT2D eigenvalue weighted by atomic mass is 32.2. The van der Waals surface area contributed by atoms with Crippen molar-refractivity contribution in [1.29, 1.82) is 0 Å². The summed E-state index contributed by atoms with van der Waals surface area (Å²) in [5.41, 5.74) is 6.80. The van der Waals surface area contributed by atoms with Crippen molar-refractivity contribution in [2.45, 2.75) is 72.5 Å². The van der Waals surface area contributed by atoms with Crippen molar-refractivity contribution in [3.8, 4) is 16.9 Å². The third-order valence-corrected chi connectivity index (χ3v) is 9.17. The molecule has 4 N–H and O–H groups in total. The minimum Gasteiger partial charge on any atom is -0.490 e. The highest BCUT2D eigenvalue weighted by Gasteiger charge is 2.43. The molecule has 0 heterocycles. The van der Waals surface area contributed by atoms with Gasteiger partial charge in [0.05, 0.1) is 23.0 Å². The van der Waals surface area contributed by atoms with Crippen molar-refractivity contribution in [2.75, 3.05) is 12.4 Å². The molecule has 0 radical (unpaired) electrons. The van der Waals surface area contributed by atoms with Gasteiger partial charge in [-0.25, -0.2) is 17.9 Å². The molecule has 244 valence electrons. The van der Waals surface area contributed by atoms with E-state index >= 15 is 0 Å². The van der Waals surface area contributed by atoms with Crippen LogP contribution in [0.5, 0.6) is 5.75 Å². The molecule has 1 unspecified atom stereocenters. The molecular formula is C35H46N2O7S. The van der Waals surface area contributed by atoms with Gasteiger partial charge in [0, 0.05) is 5.92 Å². The summed E-state index contributed by atoms with van der Waals surface area (Å²) in [7, 11) is -3.81. The van der Waals surface area contributed by atoms with E-state index < -0.39 is 33.0 Å². The van der Waals surface area contributed by atoms with E-state index in [0.717, 1.165) is 22.3 Å². The number of benzene rings is 3. The Balaban J connectivity index is 1.97. The number of primary amides is 1. The number of aliphatic hydroxyl groups is 1. The van der Waals surface area contributed by atoms with Crippen molar-refractivity contribution < 1.29 is 32.6 Å². The van der Waals surface area contributed by atoms with Crippen LogP contribution in [0, 0.1) is 11.3 Å². The van der Waals surface area contributed by atoms with Gasteiger partial charge in [-0.05, 0) is 66.0 Å². The fourth-order valence-corrected chi connectivity index (χ4v) is 6.60. The van der Waals surface area contributed by atoms with E-state index in [1.807, 2.05) is 89.2 Å². The van der Waals surface area contributed by atoms with Gasteiger partial charge < -0.3 is 20.3 Å². The Morgan fingerprint density at radius 2 is 1.51 bits per heavy atom. The van der Waals surface area contributed by atoms with Gasteiger partial charge in [0.25, 0.3) is 5.91 Å². The lowest BCUT2D eigenvalue weighted by Crippen LogP contribution is -2.42. The maximum Gasteiger partial charge on any atom is 0.404 e. The van der Waals surface area contributed by atoms with Crippen molar-refractivity contribution in [2.24, 2.45) is 17.1 Å². The predicted octanol–water partition coefficient (Wildman–Crippen LogP) is 6.36. The molecule has 2 atom stereocenters. The van der Waals surface area contributed by atoms with Gasteiger partial charge in [0.1, 0.15) is 12.4 Å². The van der Waals surface area contributed by atoms with Crippen LogP contribution in [0.2, 0.25) is 0 Å². The summed E-state index contributed by atoms with van der Waals surface area (Å²) in [5.74, 6) is -1.19. The van der Waals surface area contributed by atoms with Gasteiger partial charge in [-0.2, -0.15) is 0 Å². The monoisotopic (exact) mass is 638 g/mol. The van der Waals surface area contributed by atoms with Crippen LogP contribution in [0.25, 0.3) is 11.1 Å². The Morgan fingerprint density at radius 3 is 2.04 bits per heavy atom. The van der Waals surface area contributed by atoms with E-state index in [1.54, 1.807) is 32.0 Å². The fourth-order valence-electron chi connectivity index (χ4n) is 5.25. The molecule has 0 saturated heterocycles. The molecule has 0 fully saturated rings. The van der Waals surface area contributed by atoms with Crippen molar-refractivity contribution in [3.63, 3.8) is 0 Å². The number of rotatable bonds is 13. The molecular weight excluding hydrogens is 592 g/mol. The molecule has 0 aliphatic rings. The topological polar surface area (TPSA) is 145 Å². The molecule has 2 amide bonds. The van der Waals surface area contributed by atoms with E-state index in [4.69, 9.17) is 15.2 Å². The van der Waals surface area contributed by atoms with E-state index in [0.29, 0.717) is 0 Å². The molecule has 0 aliphatic carbocycles. The Bertz CT molecular complexity index is 1560. The van der Waals surface area contributed by atoms with Crippen LogP contribution >= 0.6 is 0 Å². The standard InChI is InChI=1S/C35H46N2O7S/c1-23(2)22-45(41,42)37-32(38)30-18-17-27(19-31(30)44-24(3)4)25-13-15-26(16-14-25)28(21-43-33(36)39)20-35(40,34(5,6)7)29-11-9-8-10-12-29/h8-19,23-24,28,40H,20-22H2,1-7H3,(H2,36,39)(H,37,38)/t28?,35-/m0/s1. The molecule has 0 spiro atoms. The SMILES string of the molecule is CC(C)CS(=O)(=O)NC(=O)c1ccc(-c2ccc(C(COC(N)=O)C[C@](O)(c3ccccc3)C(C)(C)C)cc2)cc1OC(C)C. The number of carbonyl (C=O) groups excluding carboxylic acids is 2. The van der Waals surface area contributed by atoms with Crippen LogP contribution < -0.4 is 15.2 Å². The fraction of sp³-hybridized carbons (Fsp3) is 0.429. The van der Waals surface area contributed by atoms with E-state index in [9.17, 15) is 23.1 Å². The zero-order chi connectivity index (χ0) is 33.6. The molecule has 3 rings (SSSR count). The number of hydrogen-bond donors (Lipinski definition) is 3. The van der Waals surface area contributed by atoms with Crippen molar-refractivity contribution in [1.82, 2.24) is 4.72 Å². The van der Waals surface area contributed by atoms with Gasteiger partial charge in [-0.1, -0.05) is 95.3 Å². The van der Waals surface area contributed by atoms with Crippen molar-refractivity contribution in [3.05, 3.63) is 89.5 Å². The molecule has 9 nitrogen and oxygen atoms in total. The zero-order valence-corrected chi connectivity index (χ0v) is 28.0.